The smallest absolute Gasteiger partial charge is 0.0273 e. The molecule has 3 aromatic carbocycles. The molecule has 0 saturated heterocycles. The fourth-order valence-corrected chi connectivity index (χ4v) is 9.03. The number of thiol groups is 4. The predicted octanol–water partition coefficient (Wildman–Crippen LogP) is 15.7. The Morgan fingerprint density at radius 1 is 0.417 bits per heavy atom. The van der Waals surface area contributed by atoms with Gasteiger partial charge in [0.25, 0.3) is 0 Å². The molecule has 0 spiro atoms. The van der Waals surface area contributed by atoms with Crippen LogP contribution < -0.4 is 0 Å². The lowest BCUT2D eigenvalue weighted by Gasteiger charge is -2.31. The summed E-state index contributed by atoms with van der Waals surface area (Å²) in [4.78, 5) is 0. The van der Waals surface area contributed by atoms with Gasteiger partial charge in [0.2, 0.25) is 0 Å². The average molecular weight is 723 g/mol. The van der Waals surface area contributed by atoms with Gasteiger partial charge in [-0.15, -0.1) is 0 Å². The van der Waals surface area contributed by atoms with Gasteiger partial charge in [0.15, 0.2) is 0 Å². The standard InChI is InChI=1S/C44H66S4/c1-3-5-7-9-11-13-15-17-25-31-39(47)43-37(33-45)41(35-27-21-19-22-28-35)42(36-29-23-20-24-30-36)38(34-46)44(43)40(48)32-26-18-16-14-12-10-8-6-4-2/h19-24,27-30,39-40,45-48H,3-18,25-26,31-34H2,1-2H3. The minimum absolute atomic E-state index is 0.149. The van der Waals surface area contributed by atoms with Crippen molar-refractivity contribution in [1.82, 2.24) is 0 Å². The molecule has 0 amide bonds. The van der Waals surface area contributed by atoms with Crippen LogP contribution in [-0.2, 0) is 11.5 Å². The molecule has 0 aliphatic carbocycles. The third-order valence-corrected chi connectivity index (χ3v) is 11.7. The number of rotatable bonds is 26. The summed E-state index contributed by atoms with van der Waals surface area (Å²) in [6.45, 7) is 4.59. The predicted molar refractivity (Wildman–Crippen MR) is 230 cm³/mol. The van der Waals surface area contributed by atoms with Gasteiger partial charge in [0, 0.05) is 22.0 Å². The highest BCUT2D eigenvalue weighted by Crippen LogP contribution is 2.50. The molecule has 0 saturated carbocycles. The molecular formula is C44H66S4. The summed E-state index contributed by atoms with van der Waals surface area (Å²) in [5, 5.41) is 0.297. The molecule has 2 atom stereocenters. The molecule has 0 heterocycles. The topological polar surface area (TPSA) is 0 Å². The molecule has 0 aromatic heterocycles. The normalized spacial score (nSPS) is 12.8. The maximum absolute atomic E-state index is 5.44. The summed E-state index contributed by atoms with van der Waals surface area (Å²) in [6.07, 6.45) is 26.3. The van der Waals surface area contributed by atoms with E-state index in [0.717, 1.165) is 12.8 Å². The summed E-state index contributed by atoms with van der Waals surface area (Å²) in [5.74, 6) is 1.35. The number of unbranched alkanes of at least 4 members (excludes halogenated alkanes) is 16. The van der Waals surface area contributed by atoms with Crippen LogP contribution in [0.25, 0.3) is 22.3 Å². The van der Waals surface area contributed by atoms with E-state index in [1.165, 1.54) is 160 Å². The van der Waals surface area contributed by atoms with Crippen molar-refractivity contribution in [2.75, 3.05) is 0 Å². The van der Waals surface area contributed by atoms with E-state index in [9.17, 15) is 0 Å². The van der Waals surface area contributed by atoms with E-state index in [4.69, 9.17) is 50.5 Å². The van der Waals surface area contributed by atoms with E-state index in [-0.39, 0.29) is 10.5 Å². The number of hydrogen-bond acceptors (Lipinski definition) is 4. The van der Waals surface area contributed by atoms with Gasteiger partial charge in [0.05, 0.1) is 0 Å². The Labute approximate surface area is 318 Å². The van der Waals surface area contributed by atoms with Gasteiger partial charge >= 0.3 is 0 Å². The van der Waals surface area contributed by atoms with E-state index >= 15 is 0 Å². The summed E-state index contributed by atoms with van der Waals surface area (Å²) in [6, 6.07) is 21.9. The Morgan fingerprint density at radius 2 is 0.708 bits per heavy atom. The van der Waals surface area contributed by atoms with Crippen LogP contribution in [0.5, 0.6) is 0 Å². The third-order valence-electron chi connectivity index (χ3n) is 10.1. The summed E-state index contributed by atoms with van der Waals surface area (Å²) in [5.41, 5.74) is 10.5. The molecule has 48 heavy (non-hydrogen) atoms. The van der Waals surface area contributed by atoms with E-state index < -0.39 is 0 Å². The molecule has 2 unspecified atom stereocenters. The lowest BCUT2D eigenvalue weighted by molar-refractivity contribution is 0.551. The fraction of sp³-hybridized carbons (Fsp3) is 0.591. The Bertz CT molecular complexity index is 1160. The Balaban J connectivity index is 1.94. The minimum atomic E-state index is 0.149. The monoisotopic (exact) mass is 722 g/mol. The minimum Gasteiger partial charge on any atom is -0.175 e. The second kappa shape index (κ2) is 25.1. The molecule has 0 radical (unpaired) electrons. The molecule has 0 aliphatic heterocycles. The van der Waals surface area contributed by atoms with Crippen LogP contribution >= 0.6 is 50.5 Å². The largest absolute Gasteiger partial charge is 0.175 e. The summed E-state index contributed by atoms with van der Waals surface area (Å²) in [7, 11) is 0. The van der Waals surface area contributed by atoms with Crippen LogP contribution in [-0.4, -0.2) is 0 Å². The van der Waals surface area contributed by atoms with Crippen molar-refractivity contribution < 1.29 is 0 Å². The molecule has 3 rings (SSSR count). The molecule has 4 heteroatoms. The zero-order valence-electron chi connectivity index (χ0n) is 30.3. The van der Waals surface area contributed by atoms with E-state index in [2.05, 4.69) is 74.5 Å². The SMILES string of the molecule is CCCCCCCCCCCC(S)c1c(CS)c(-c2ccccc2)c(-c2ccccc2)c(CS)c1C(S)CCCCCCCCCCC. The highest BCUT2D eigenvalue weighted by atomic mass is 32.1. The van der Waals surface area contributed by atoms with Crippen LogP contribution in [0.15, 0.2) is 60.7 Å². The van der Waals surface area contributed by atoms with Gasteiger partial charge in [-0.1, -0.05) is 190 Å². The summed E-state index contributed by atoms with van der Waals surface area (Å²) >= 11 is 21.0. The van der Waals surface area contributed by atoms with Crippen molar-refractivity contribution in [3.05, 3.63) is 82.9 Å². The first kappa shape index (κ1) is 41.5. The van der Waals surface area contributed by atoms with E-state index in [0.29, 0.717) is 11.5 Å². The molecule has 3 aromatic rings. The Hall–Kier alpha value is -0.940. The molecule has 0 aliphatic rings. The van der Waals surface area contributed by atoms with Crippen LogP contribution in [0.2, 0.25) is 0 Å². The van der Waals surface area contributed by atoms with Crippen molar-refractivity contribution in [3.63, 3.8) is 0 Å². The summed E-state index contributed by atoms with van der Waals surface area (Å²) < 4.78 is 0. The first-order valence-corrected chi connectivity index (χ1v) is 21.8. The maximum Gasteiger partial charge on any atom is 0.0273 e. The lowest BCUT2D eigenvalue weighted by atomic mass is 9.79. The zero-order chi connectivity index (χ0) is 34.4. The van der Waals surface area contributed by atoms with Gasteiger partial charge < -0.3 is 0 Å². The van der Waals surface area contributed by atoms with Gasteiger partial charge in [-0.05, 0) is 57.3 Å². The first-order chi connectivity index (χ1) is 23.6. The highest BCUT2D eigenvalue weighted by molar-refractivity contribution is 7.81. The van der Waals surface area contributed by atoms with Crippen LogP contribution in [0.4, 0.5) is 0 Å². The molecule has 0 N–H and O–H groups in total. The van der Waals surface area contributed by atoms with Crippen molar-refractivity contribution >= 4 is 50.5 Å². The second-order valence-electron chi connectivity index (χ2n) is 13.8. The molecular weight excluding hydrogens is 657 g/mol. The first-order valence-electron chi connectivity index (χ1n) is 19.5. The Morgan fingerprint density at radius 3 is 1.00 bits per heavy atom. The number of hydrogen-bond donors (Lipinski definition) is 4. The van der Waals surface area contributed by atoms with Gasteiger partial charge in [0.1, 0.15) is 0 Å². The van der Waals surface area contributed by atoms with E-state index in [1.54, 1.807) is 0 Å². The van der Waals surface area contributed by atoms with Crippen molar-refractivity contribution in [1.29, 1.82) is 0 Å². The van der Waals surface area contributed by atoms with Crippen molar-refractivity contribution in [3.8, 4) is 22.3 Å². The third kappa shape index (κ3) is 13.3. The molecule has 0 fully saturated rings. The second-order valence-corrected chi connectivity index (χ2v) is 15.7. The molecule has 266 valence electrons. The zero-order valence-corrected chi connectivity index (χ0v) is 33.9. The lowest BCUT2D eigenvalue weighted by Crippen LogP contribution is -2.12. The number of benzene rings is 3. The van der Waals surface area contributed by atoms with Gasteiger partial charge in [-0.25, -0.2) is 0 Å². The van der Waals surface area contributed by atoms with Crippen LogP contribution in [0.1, 0.15) is 175 Å². The molecule has 0 bridgehead atoms. The van der Waals surface area contributed by atoms with Crippen molar-refractivity contribution in [2.24, 2.45) is 0 Å². The van der Waals surface area contributed by atoms with Crippen molar-refractivity contribution in [2.45, 2.75) is 164 Å². The quantitative estimate of drug-likeness (QED) is 0.0460. The van der Waals surface area contributed by atoms with Gasteiger partial charge in [-0.2, -0.15) is 50.5 Å². The van der Waals surface area contributed by atoms with Crippen LogP contribution in [0, 0.1) is 0 Å². The maximum atomic E-state index is 5.44. The fourth-order valence-electron chi connectivity index (χ4n) is 7.42. The Kier molecular flexibility index (Phi) is 21.7. The van der Waals surface area contributed by atoms with Gasteiger partial charge in [-0.3, -0.25) is 0 Å². The highest BCUT2D eigenvalue weighted by Gasteiger charge is 2.29. The molecule has 0 nitrogen and oxygen atoms in total. The van der Waals surface area contributed by atoms with Crippen LogP contribution in [0.3, 0.4) is 0 Å². The van der Waals surface area contributed by atoms with E-state index in [1.807, 2.05) is 0 Å². The average Bonchev–Trinajstić information content (AvgIpc) is 3.12.